The lowest BCUT2D eigenvalue weighted by Crippen LogP contribution is -2.19. The van der Waals surface area contributed by atoms with Crippen LogP contribution in [0.4, 0.5) is 0 Å². The number of hydrogen-bond donors (Lipinski definition) is 1. The van der Waals surface area contributed by atoms with Crippen LogP contribution in [-0.2, 0) is 11.2 Å². The highest BCUT2D eigenvalue weighted by Crippen LogP contribution is 2.35. The summed E-state index contributed by atoms with van der Waals surface area (Å²) < 4.78 is 11.5. The highest BCUT2D eigenvalue weighted by atomic mass is 16.5. The van der Waals surface area contributed by atoms with Crippen LogP contribution in [0.3, 0.4) is 0 Å². The summed E-state index contributed by atoms with van der Waals surface area (Å²) in [4.78, 5) is 0. The van der Waals surface area contributed by atoms with E-state index in [-0.39, 0.29) is 0 Å². The van der Waals surface area contributed by atoms with Crippen molar-refractivity contribution in [1.29, 1.82) is 0 Å². The van der Waals surface area contributed by atoms with E-state index in [1.54, 1.807) is 0 Å². The van der Waals surface area contributed by atoms with Gasteiger partial charge >= 0.3 is 0 Å². The molecule has 2 aliphatic rings. The first-order chi connectivity index (χ1) is 9.38. The van der Waals surface area contributed by atoms with E-state index in [1.807, 2.05) is 7.05 Å². The minimum atomic E-state index is 0.372. The summed E-state index contributed by atoms with van der Waals surface area (Å²) in [5.41, 5.74) is 2.67. The maximum Gasteiger partial charge on any atom is 0.127 e. The van der Waals surface area contributed by atoms with E-state index in [0.29, 0.717) is 12.1 Å². The molecule has 104 valence electrons. The maximum absolute atomic E-state index is 5.81. The first-order valence-electron chi connectivity index (χ1n) is 7.42. The average molecular weight is 261 g/mol. The zero-order valence-corrected chi connectivity index (χ0v) is 11.7. The summed E-state index contributed by atoms with van der Waals surface area (Å²) >= 11 is 0. The van der Waals surface area contributed by atoms with Crippen molar-refractivity contribution in [2.45, 2.75) is 44.2 Å². The standard InChI is InChI=1S/C16H23NO2/c1-17-15(8-7-13-5-3-10-18-13)14-6-2-4-12-9-11-19-16(12)14/h2,4,6,13,15,17H,3,5,7-11H2,1H3. The molecule has 0 radical (unpaired) electrons. The van der Waals surface area contributed by atoms with Crippen molar-refractivity contribution in [1.82, 2.24) is 5.32 Å². The van der Waals surface area contributed by atoms with E-state index in [0.717, 1.165) is 38.2 Å². The van der Waals surface area contributed by atoms with Gasteiger partial charge in [0.25, 0.3) is 0 Å². The molecule has 19 heavy (non-hydrogen) atoms. The molecule has 3 rings (SSSR count). The minimum Gasteiger partial charge on any atom is -0.493 e. The molecule has 0 spiro atoms. The zero-order valence-electron chi connectivity index (χ0n) is 11.7. The highest BCUT2D eigenvalue weighted by molar-refractivity contribution is 5.45. The molecule has 3 heteroatoms. The van der Waals surface area contributed by atoms with Gasteiger partial charge in [-0.05, 0) is 38.3 Å². The lowest BCUT2D eigenvalue weighted by Gasteiger charge is -2.20. The first kappa shape index (κ1) is 12.9. The molecule has 2 unspecified atom stereocenters. The zero-order chi connectivity index (χ0) is 13.1. The number of para-hydroxylation sites is 1. The third-order valence-corrected chi connectivity index (χ3v) is 4.27. The Kier molecular flexibility index (Phi) is 4.04. The Bertz CT molecular complexity index is 427. The van der Waals surface area contributed by atoms with E-state index in [2.05, 4.69) is 23.5 Å². The molecule has 1 N–H and O–H groups in total. The fourth-order valence-electron chi connectivity index (χ4n) is 3.19. The van der Waals surface area contributed by atoms with E-state index < -0.39 is 0 Å². The third kappa shape index (κ3) is 2.77. The van der Waals surface area contributed by atoms with E-state index in [4.69, 9.17) is 9.47 Å². The average Bonchev–Trinajstić information content (AvgIpc) is 3.10. The number of fused-ring (bicyclic) bond motifs is 1. The topological polar surface area (TPSA) is 30.5 Å². The van der Waals surface area contributed by atoms with Crippen molar-refractivity contribution in [3.05, 3.63) is 29.3 Å². The van der Waals surface area contributed by atoms with E-state index in [9.17, 15) is 0 Å². The van der Waals surface area contributed by atoms with Gasteiger partial charge in [0.15, 0.2) is 0 Å². The second kappa shape index (κ2) is 5.93. The fourth-order valence-corrected chi connectivity index (χ4v) is 3.19. The minimum absolute atomic E-state index is 0.372. The molecule has 0 amide bonds. The van der Waals surface area contributed by atoms with Gasteiger partial charge in [0, 0.05) is 24.6 Å². The highest BCUT2D eigenvalue weighted by Gasteiger charge is 2.23. The summed E-state index contributed by atoms with van der Waals surface area (Å²) in [5, 5.41) is 3.44. The Hall–Kier alpha value is -1.06. The van der Waals surface area contributed by atoms with Crippen LogP contribution in [0.25, 0.3) is 0 Å². The summed E-state index contributed by atoms with van der Waals surface area (Å²) in [5.74, 6) is 1.12. The first-order valence-corrected chi connectivity index (χ1v) is 7.42. The van der Waals surface area contributed by atoms with Gasteiger partial charge in [0.2, 0.25) is 0 Å². The number of hydrogen-bond acceptors (Lipinski definition) is 3. The smallest absolute Gasteiger partial charge is 0.127 e. The Morgan fingerprint density at radius 2 is 2.32 bits per heavy atom. The van der Waals surface area contributed by atoms with Crippen molar-refractivity contribution < 1.29 is 9.47 Å². The Labute approximate surface area is 115 Å². The van der Waals surface area contributed by atoms with Gasteiger partial charge in [-0.3, -0.25) is 0 Å². The van der Waals surface area contributed by atoms with Gasteiger partial charge in [-0.2, -0.15) is 0 Å². The van der Waals surface area contributed by atoms with Crippen molar-refractivity contribution >= 4 is 0 Å². The number of ether oxygens (including phenoxy) is 2. The monoisotopic (exact) mass is 261 g/mol. The van der Waals surface area contributed by atoms with Gasteiger partial charge in [-0.1, -0.05) is 18.2 Å². The Morgan fingerprint density at radius 3 is 3.11 bits per heavy atom. The van der Waals surface area contributed by atoms with Gasteiger partial charge in [0.1, 0.15) is 5.75 Å². The molecule has 3 nitrogen and oxygen atoms in total. The molecule has 1 saturated heterocycles. The lowest BCUT2D eigenvalue weighted by atomic mass is 9.96. The molecule has 1 aromatic rings. The van der Waals surface area contributed by atoms with Crippen LogP contribution in [0, 0.1) is 0 Å². The normalized spacial score (nSPS) is 23.1. The molecule has 0 aromatic heterocycles. The molecule has 2 aliphatic heterocycles. The van der Waals surface area contributed by atoms with Crippen molar-refractivity contribution in [2.24, 2.45) is 0 Å². The van der Waals surface area contributed by atoms with Gasteiger partial charge in [-0.25, -0.2) is 0 Å². The van der Waals surface area contributed by atoms with Crippen molar-refractivity contribution in [3.8, 4) is 5.75 Å². The quantitative estimate of drug-likeness (QED) is 0.884. The second-order valence-corrected chi connectivity index (χ2v) is 5.49. The number of rotatable bonds is 5. The van der Waals surface area contributed by atoms with Crippen molar-refractivity contribution in [2.75, 3.05) is 20.3 Å². The molecule has 2 heterocycles. The molecule has 2 atom stereocenters. The van der Waals surface area contributed by atoms with Gasteiger partial charge in [0.05, 0.1) is 12.7 Å². The Morgan fingerprint density at radius 1 is 1.37 bits per heavy atom. The molecule has 1 fully saturated rings. The summed E-state index contributed by atoms with van der Waals surface area (Å²) in [7, 11) is 2.04. The van der Waals surface area contributed by atoms with Crippen LogP contribution in [0.15, 0.2) is 18.2 Å². The number of nitrogens with one attached hydrogen (secondary N) is 1. The fraction of sp³-hybridized carbons (Fsp3) is 0.625. The predicted octanol–water partition coefficient (Wildman–Crippen LogP) is 2.84. The third-order valence-electron chi connectivity index (χ3n) is 4.27. The second-order valence-electron chi connectivity index (χ2n) is 5.49. The molecule has 0 saturated carbocycles. The van der Waals surface area contributed by atoms with Crippen molar-refractivity contribution in [3.63, 3.8) is 0 Å². The summed E-state index contributed by atoms with van der Waals surface area (Å²) in [6.45, 7) is 1.77. The van der Waals surface area contributed by atoms with Crippen LogP contribution in [0.1, 0.15) is 42.9 Å². The Balaban J connectivity index is 1.69. The van der Waals surface area contributed by atoms with E-state index in [1.165, 1.54) is 24.0 Å². The van der Waals surface area contributed by atoms with Crippen LogP contribution >= 0.6 is 0 Å². The van der Waals surface area contributed by atoms with Crippen LogP contribution in [0.2, 0.25) is 0 Å². The SMILES string of the molecule is CNC(CCC1CCCO1)c1cccc2c1OCC2. The van der Waals surface area contributed by atoms with Gasteiger partial charge in [-0.15, -0.1) is 0 Å². The predicted molar refractivity (Wildman–Crippen MR) is 75.6 cm³/mol. The lowest BCUT2D eigenvalue weighted by molar-refractivity contribution is 0.0997. The summed E-state index contributed by atoms with van der Waals surface area (Å²) in [6.07, 6.45) is 6.20. The maximum atomic E-state index is 5.81. The number of benzene rings is 1. The van der Waals surface area contributed by atoms with Crippen LogP contribution in [-0.4, -0.2) is 26.4 Å². The van der Waals surface area contributed by atoms with Crippen LogP contribution in [0.5, 0.6) is 5.75 Å². The molecule has 1 aromatic carbocycles. The summed E-state index contributed by atoms with van der Waals surface area (Å²) in [6, 6.07) is 6.90. The van der Waals surface area contributed by atoms with Gasteiger partial charge < -0.3 is 14.8 Å². The molecular weight excluding hydrogens is 238 g/mol. The van der Waals surface area contributed by atoms with E-state index >= 15 is 0 Å². The van der Waals surface area contributed by atoms with Crippen LogP contribution < -0.4 is 10.1 Å². The molecule has 0 bridgehead atoms. The largest absolute Gasteiger partial charge is 0.493 e. The molecular formula is C16H23NO2. The molecule has 0 aliphatic carbocycles.